The lowest BCUT2D eigenvalue weighted by atomic mass is 10.1. The van der Waals surface area contributed by atoms with Gasteiger partial charge in [-0.05, 0) is 19.4 Å². The molecule has 1 heterocycles. The van der Waals surface area contributed by atoms with E-state index in [1.54, 1.807) is 19.1 Å². The zero-order valence-corrected chi connectivity index (χ0v) is 12.3. The average molecular weight is 300 g/mol. The highest BCUT2D eigenvalue weighted by Crippen LogP contribution is 2.14. The number of hydrogen-bond donors (Lipinski definition) is 2. The smallest absolute Gasteiger partial charge is 0.284 e. The van der Waals surface area contributed by atoms with Gasteiger partial charge in [-0.15, -0.1) is 0 Å². The number of hydrogen-bond acceptors (Lipinski definition) is 4. The van der Waals surface area contributed by atoms with E-state index in [0.29, 0.717) is 5.69 Å². The minimum Gasteiger partial charge on any atom is -0.507 e. The molecule has 0 aliphatic rings. The Labute approximate surface area is 127 Å². The van der Waals surface area contributed by atoms with Gasteiger partial charge in [-0.1, -0.05) is 30.3 Å². The van der Waals surface area contributed by atoms with Gasteiger partial charge in [0, 0.05) is 11.8 Å². The van der Waals surface area contributed by atoms with Crippen LogP contribution < -0.4 is 11.0 Å². The number of benzene rings is 1. The van der Waals surface area contributed by atoms with Gasteiger partial charge in [0.15, 0.2) is 5.78 Å². The standard InChI is InChI=1S/C16H16N2O4/c1-10-8-13(20)15(11(2)19)16(22)18(10)17-14(21)9-12-6-4-3-5-7-12/h3-8,20H,9H2,1-2H3,(H,17,21). The average Bonchev–Trinajstić information content (AvgIpc) is 2.44. The molecule has 2 N–H and O–H groups in total. The van der Waals surface area contributed by atoms with Crippen molar-refractivity contribution in [2.45, 2.75) is 20.3 Å². The van der Waals surface area contributed by atoms with Crippen molar-refractivity contribution in [3.05, 3.63) is 63.6 Å². The van der Waals surface area contributed by atoms with Crippen molar-refractivity contribution in [3.8, 4) is 5.75 Å². The lowest BCUT2D eigenvalue weighted by molar-refractivity contribution is -0.116. The molecular weight excluding hydrogens is 284 g/mol. The second-order valence-corrected chi connectivity index (χ2v) is 4.94. The monoisotopic (exact) mass is 300 g/mol. The van der Waals surface area contributed by atoms with Crippen LogP contribution in [0.1, 0.15) is 28.5 Å². The van der Waals surface area contributed by atoms with Gasteiger partial charge < -0.3 is 5.11 Å². The van der Waals surface area contributed by atoms with Crippen molar-refractivity contribution in [1.82, 2.24) is 4.68 Å². The molecule has 2 aromatic rings. The Bertz CT molecular complexity index is 779. The predicted octanol–water partition coefficient (Wildman–Crippen LogP) is 1.38. The molecule has 22 heavy (non-hydrogen) atoms. The van der Waals surface area contributed by atoms with Crippen LogP contribution in [-0.4, -0.2) is 21.5 Å². The van der Waals surface area contributed by atoms with Crippen LogP contribution in [0.15, 0.2) is 41.2 Å². The Morgan fingerprint density at radius 2 is 1.86 bits per heavy atom. The molecule has 0 spiro atoms. The molecule has 0 atom stereocenters. The second-order valence-electron chi connectivity index (χ2n) is 4.94. The highest BCUT2D eigenvalue weighted by molar-refractivity contribution is 5.96. The Morgan fingerprint density at radius 1 is 1.23 bits per heavy atom. The van der Waals surface area contributed by atoms with Crippen LogP contribution in [0.5, 0.6) is 5.75 Å². The maximum absolute atomic E-state index is 12.2. The number of nitrogens with zero attached hydrogens (tertiary/aromatic N) is 1. The number of pyridine rings is 1. The zero-order chi connectivity index (χ0) is 16.3. The fourth-order valence-corrected chi connectivity index (χ4v) is 2.13. The number of carbonyl (C=O) groups is 2. The number of Topliss-reactive ketones (excluding diaryl/α,β-unsaturated/α-hetero) is 1. The summed E-state index contributed by atoms with van der Waals surface area (Å²) in [6, 6.07) is 10.3. The van der Waals surface area contributed by atoms with E-state index in [2.05, 4.69) is 5.43 Å². The molecule has 0 fully saturated rings. The Balaban J connectivity index is 2.30. The van der Waals surface area contributed by atoms with Crippen LogP contribution in [0.3, 0.4) is 0 Å². The van der Waals surface area contributed by atoms with E-state index in [9.17, 15) is 19.5 Å². The molecule has 6 heteroatoms. The number of nitrogens with one attached hydrogen (secondary N) is 1. The number of aromatic hydroxyl groups is 1. The van der Waals surface area contributed by atoms with E-state index < -0.39 is 17.2 Å². The highest BCUT2D eigenvalue weighted by atomic mass is 16.3. The minimum atomic E-state index is -0.744. The summed E-state index contributed by atoms with van der Waals surface area (Å²) in [4.78, 5) is 35.7. The summed E-state index contributed by atoms with van der Waals surface area (Å²) < 4.78 is 0.974. The fraction of sp³-hybridized carbons (Fsp3) is 0.188. The molecule has 0 unspecified atom stereocenters. The molecule has 0 saturated carbocycles. The van der Waals surface area contributed by atoms with E-state index in [4.69, 9.17) is 0 Å². The summed E-state index contributed by atoms with van der Waals surface area (Å²) in [7, 11) is 0. The first-order valence-electron chi connectivity index (χ1n) is 6.70. The molecule has 114 valence electrons. The predicted molar refractivity (Wildman–Crippen MR) is 81.6 cm³/mol. The quantitative estimate of drug-likeness (QED) is 0.835. The van der Waals surface area contributed by atoms with E-state index in [1.807, 2.05) is 18.2 Å². The van der Waals surface area contributed by atoms with Gasteiger partial charge >= 0.3 is 0 Å². The molecule has 1 aromatic carbocycles. The minimum absolute atomic E-state index is 0.100. The third kappa shape index (κ3) is 3.22. The van der Waals surface area contributed by atoms with E-state index in [0.717, 1.165) is 10.2 Å². The van der Waals surface area contributed by atoms with Crippen molar-refractivity contribution in [3.63, 3.8) is 0 Å². The van der Waals surface area contributed by atoms with E-state index >= 15 is 0 Å². The van der Waals surface area contributed by atoms with Crippen LogP contribution in [0.4, 0.5) is 0 Å². The summed E-state index contributed by atoms with van der Waals surface area (Å²) in [5, 5.41) is 9.69. The van der Waals surface area contributed by atoms with Crippen molar-refractivity contribution in [2.24, 2.45) is 0 Å². The number of aryl methyl sites for hydroxylation is 1. The summed E-state index contributed by atoms with van der Waals surface area (Å²) in [5.41, 5.74) is 2.50. The van der Waals surface area contributed by atoms with Gasteiger partial charge in [-0.25, -0.2) is 4.68 Å². The SMILES string of the molecule is CC(=O)c1c(O)cc(C)n(NC(=O)Cc2ccccc2)c1=O. The van der Waals surface area contributed by atoms with Crippen LogP contribution in [0.25, 0.3) is 0 Å². The van der Waals surface area contributed by atoms with Crippen LogP contribution in [-0.2, 0) is 11.2 Å². The topological polar surface area (TPSA) is 88.4 Å². The number of aromatic nitrogens is 1. The molecule has 0 aliphatic carbocycles. The Hall–Kier alpha value is -2.89. The molecule has 2 rings (SSSR count). The number of amides is 1. The van der Waals surface area contributed by atoms with Crippen LogP contribution in [0, 0.1) is 6.92 Å². The Morgan fingerprint density at radius 3 is 2.45 bits per heavy atom. The number of ketones is 1. The van der Waals surface area contributed by atoms with Gasteiger partial charge in [0.2, 0.25) is 5.91 Å². The van der Waals surface area contributed by atoms with Gasteiger partial charge in [0.05, 0.1) is 6.42 Å². The summed E-state index contributed by atoms with van der Waals surface area (Å²) in [6.45, 7) is 2.73. The summed E-state index contributed by atoms with van der Waals surface area (Å²) >= 11 is 0. The summed E-state index contributed by atoms with van der Waals surface area (Å²) in [5.74, 6) is -1.34. The number of rotatable bonds is 4. The Kier molecular flexibility index (Phi) is 4.41. The van der Waals surface area contributed by atoms with Crippen LogP contribution >= 0.6 is 0 Å². The lowest BCUT2D eigenvalue weighted by Gasteiger charge is -2.13. The molecule has 0 saturated heterocycles. The van der Waals surface area contributed by atoms with Gasteiger partial charge in [-0.2, -0.15) is 0 Å². The van der Waals surface area contributed by atoms with E-state index in [1.165, 1.54) is 13.0 Å². The molecule has 6 nitrogen and oxygen atoms in total. The van der Waals surface area contributed by atoms with Gasteiger partial charge in [0.1, 0.15) is 11.3 Å². The van der Waals surface area contributed by atoms with Crippen LogP contribution in [0.2, 0.25) is 0 Å². The maximum Gasteiger partial charge on any atom is 0.284 e. The van der Waals surface area contributed by atoms with Crippen molar-refractivity contribution >= 4 is 11.7 Å². The normalized spacial score (nSPS) is 10.3. The first-order valence-corrected chi connectivity index (χ1v) is 6.70. The lowest BCUT2D eigenvalue weighted by Crippen LogP contribution is -2.37. The molecule has 0 radical (unpaired) electrons. The highest BCUT2D eigenvalue weighted by Gasteiger charge is 2.17. The van der Waals surface area contributed by atoms with Crippen molar-refractivity contribution in [1.29, 1.82) is 0 Å². The van der Waals surface area contributed by atoms with Crippen molar-refractivity contribution < 1.29 is 14.7 Å². The van der Waals surface area contributed by atoms with Gasteiger partial charge in [0.25, 0.3) is 5.56 Å². The molecule has 0 aliphatic heterocycles. The van der Waals surface area contributed by atoms with E-state index in [-0.39, 0.29) is 17.7 Å². The molecular formula is C16H16N2O4. The molecule has 1 aromatic heterocycles. The molecule has 1 amide bonds. The first-order chi connectivity index (χ1) is 10.4. The largest absolute Gasteiger partial charge is 0.507 e. The van der Waals surface area contributed by atoms with Gasteiger partial charge in [-0.3, -0.25) is 19.8 Å². The number of carbonyl (C=O) groups excluding carboxylic acids is 2. The third-order valence-electron chi connectivity index (χ3n) is 3.17. The second kappa shape index (κ2) is 6.26. The third-order valence-corrected chi connectivity index (χ3v) is 3.17. The molecule has 0 bridgehead atoms. The zero-order valence-electron chi connectivity index (χ0n) is 12.3. The maximum atomic E-state index is 12.2. The first kappa shape index (κ1) is 15.5. The van der Waals surface area contributed by atoms with Crippen molar-refractivity contribution in [2.75, 3.05) is 5.43 Å². The fourth-order valence-electron chi connectivity index (χ4n) is 2.13. The summed E-state index contributed by atoms with van der Waals surface area (Å²) in [6.07, 6.45) is 0.100.